The molecule has 6 nitrogen and oxygen atoms in total. The molecule has 2 aromatic heterocycles. The Morgan fingerprint density at radius 1 is 1.17 bits per heavy atom. The van der Waals surface area contributed by atoms with Crippen LogP contribution in [-0.2, 0) is 23.1 Å². The number of alkyl halides is 3. The third kappa shape index (κ3) is 4.61. The van der Waals surface area contributed by atoms with Crippen molar-refractivity contribution >= 4 is 5.91 Å². The number of aromatic nitrogens is 3. The average molecular weight is 418 g/mol. The maximum Gasteiger partial charge on any atom is 0.416 e. The molecule has 2 heterocycles. The summed E-state index contributed by atoms with van der Waals surface area (Å²) in [6, 6.07) is 10.2. The van der Waals surface area contributed by atoms with Crippen molar-refractivity contribution in [1.82, 2.24) is 20.1 Å². The zero-order valence-electron chi connectivity index (χ0n) is 16.7. The van der Waals surface area contributed by atoms with Crippen molar-refractivity contribution in [2.24, 2.45) is 0 Å². The lowest BCUT2D eigenvalue weighted by Gasteiger charge is -2.24. The molecule has 0 bridgehead atoms. The molecule has 1 aromatic carbocycles. The number of ether oxygens (including phenoxy) is 1. The van der Waals surface area contributed by atoms with E-state index in [1.807, 2.05) is 0 Å². The van der Waals surface area contributed by atoms with E-state index in [0.29, 0.717) is 22.7 Å². The quantitative estimate of drug-likeness (QED) is 0.657. The second-order valence-corrected chi connectivity index (χ2v) is 7.18. The van der Waals surface area contributed by atoms with E-state index in [9.17, 15) is 18.0 Å². The first-order valence-electron chi connectivity index (χ1n) is 9.12. The van der Waals surface area contributed by atoms with E-state index in [4.69, 9.17) is 4.74 Å². The van der Waals surface area contributed by atoms with Crippen molar-refractivity contribution in [2.45, 2.75) is 32.1 Å². The van der Waals surface area contributed by atoms with Gasteiger partial charge in [-0.1, -0.05) is 18.2 Å². The Hall–Kier alpha value is -3.36. The first-order chi connectivity index (χ1) is 14.1. The summed E-state index contributed by atoms with van der Waals surface area (Å²) < 4.78 is 45.2. The number of nitrogens with one attached hydrogen (secondary N) is 1. The molecule has 0 radical (unpaired) electrons. The number of carbonyl (C=O) groups is 1. The lowest BCUT2D eigenvalue weighted by Crippen LogP contribution is -2.44. The minimum absolute atomic E-state index is 0.0300. The van der Waals surface area contributed by atoms with Crippen molar-refractivity contribution in [1.29, 1.82) is 0 Å². The van der Waals surface area contributed by atoms with Crippen molar-refractivity contribution in [2.75, 3.05) is 7.11 Å². The van der Waals surface area contributed by atoms with E-state index in [0.717, 1.165) is 12.1 Å². The molecule has 3 rings (SSSR count). The molecule has 1 N–H and O–H groups in total. The van der Waals surface area contributed by atoms with Crippen LogP contribution in [0.4, 0.5) is 13.2 Å². The predicted octanol–water partition coefficient (Wildman–Crippen LogP) is 4.02. The summed E-state index contributed by atoms with van der Waals surface area (Å²) in [4.78, 5) is 17.1. The summed E-state index contributed by atoms with van der Waals surface area (Å²) in [5, 5.41) is 6.95. The number of benzene rings is 1. The van der Waals surface area contributed by atoms with Gasteiger partial charge in [0.25, 0.3) is 0 Å². The standard InChI is InChI=1S/C21H21F3N4O2/c1-20(2,19(29)25-11-14-6-4-7-16(10-14)21(22,23)24)28-13-15(12-26-28)17-8-5-9-18(27-17)30-3/h4-10,12-13H,11H2,1-3H3,(H,25,29). The minimum atomic E-state index is -4.43. The molecule has 3 aromatic rings. The largest absolute Gasteiger partial charge is 0.481 e. The van der Waals surface area contributed by atoms with Crippen LogP contribution in [0.5, 0.6) is 5.88 Å². The summed E-state index contributed by atoms with van der Waals surface area (Å²) in [7, 11) is 1.52. The van der Waals surface area contributed by atoms with E-state index < -0.39 is 17.3 Å². The van der Waals surface area contributed by atoms with Crippen LogP contribution in [0, 0.1) is 0 Å². The van der Waals surface area contributed by atoms with Crippen molar-refractivity contribution in [3.8, 4) is 17.1 Å². The third-order valence-electron chi connectivity index (χ3n) is 4.65. The van der Waals surface area contributed by atoms with Gasteiger partial charge in [-0.2, -0.15) is 18.3 Å². The highest BCUT2D eigenvalue weighted by Crippen LogP contribution is 2.29. The van der Waals surface area contributed by atoms with Gasteiger partial charge in [-0.3, -0.25) is 9.48 Å². The van der Waals surface area contributed by atoms with Gasteiger partial charge < -0.3 is 10.1 Å². The number of pyridine rings is 1. The molecule has 0 unspecified atom stereocenters. The van der Waals surface area contributed by atoms with Crippen molar-refractivity contribution in [3.05, 3.63) is 66.0 Å². The van der Waals surface area contributed by atoms with Crippen LogP contribution in [0.25, 0.3) is 11.3 Å². The molecule has 0 saturated carbocycles. The van der Waals surface area contributed by atoms with Gasteiger partial charge in [0.1, 0.15) is 5.54 Å². The van der Waals surface area contributed by atoms with Gasteiger partial charge in [0.2, 0.25) is 11.8 Å². The Labute approximate surface area is 171 Å². The Morgan fingerprint density at radius 3 is 2.60 bits per heavy atom. The number of amides is 1. The Balaban J connectivity index is 1.72. The SMILES string of the molecule is COc1cccc(-c2cnn(C(C)(C)C(=O)NCc3cccc(C(F)(F)F)c3)c2)n1. The molecule has 0 atom stereocenters. The summed E-state index contributed by atoms with van der Waals surface area (Å²) >= 11 is 0. The lowest BCUT2D eigenvalue weighted by molar-refractivity contribution is -0.137. The summed E-state index contributed by atoms with van der Waals surface area (Å²) in [5.74, 6) is 0.0755. The maximum absolute atomic E-state index is 12.9. The normalized spacial score (nSPS) is 11.9. The minimum Gasteiger partial charge on any atom is -0.481 e. The molecular formula is C21H21F3N4O2. The van der Waals surface area contributed by atoms with E-state index in [-0.39, 0.29) is 12.5 Å². The van der Waals surface area contributed by atoms with Crippen LogP contribution in [0.2, 0.25) is 0 Å². The fraction of sp³-hybridized carbons (Fsp3) is 0.286. The Morgan fingerprint density at radius 2 is 1.90 bits per heavy atom. The van der Waals surface area contributed by atoms with Gasteiger partial charge in [0, 0.05) is 24.4 Å². The molecule has 0 aliphatic rings. The summed E-state index contributed by atoms with van der Waals surface area (Å²) in [6.07, 6.45) is -1.16. The number of carbonyl (C=O) groups excluding carboxylic acids is 1. The smallest absolute Gasteiger partial charge is 0.416 e. The van der Waals surface area contributed by atoms with Gasteiger partial charge in [-0.15, -0.1) is 0 Å². The Bertz CT molecular complexity index is 1040. The highest BCUT2D eigenvalue weighted by molar-refractivity contribution is 5.83. The zero-order valence-corrected chi connectivity index (χ0v) is 16.7. The summed E-state index contributed by atoms with van der Waals surface area (Å²) in [6.45, 7) is 3.31. The van der Waals surface area contributed by atoms with Gasteiger partial charge in [-0.05, 0) is 37.6 Å². The zero-order chi connectivity index (χ0) is 21.9. The molecule has 0 saturated heterocycles. The van der Waals surface area contributed by atoms with Gasteiger partial charge in [0.05, 0.1) is 24.6 Å². The molecule has 1 amide bonds. The van der Waals surface area contributed by atoms with Crippen LogP contribution >= 0.6 is 0 Å². The second kappa shape index (κ2) is 8.17. The number of hydrogen-bond donors (Lipinski definition) is 1. The molecule has 0 aliphatic heterocycles. The maximum atomic E-state index is 12.9. The molecular weight excluding hydrogens is 397 g/mol. The highest BCUT2D eigenvalue weighted by Gasteiger charge is 2.32. The van der Waals surface area contributed by atoms with E-state index in [1.54, 1.807) is 44.4 Å². The first kappa shape index (κ1) is 21.4. The molecule has 0 aliphatic carbocycles. The number of rotatable bonds is 6. The molecule has 9 heteroatoms. The average Bonchev–Trinajstić information content (AvgIpc) is 3.23. The van der Waals surface area contributed by atoms with Crippen LogP contribution < -0.4 is 10.1 Å². The number of halogens is 3. The van der Waals surface area contributed by atoms with E-state index >= 15 is 0 Å². The van der Waals surface area contributed by atoms with Crippen LogP contribution in [-0.4, -0.2) is 27.8 Å². The van der Waals surface area contributed by atoms with Crippen molar-refractivity contribution < 1.29 is 22.7 Å². The van der Waals surface area contributed by atoms with Gasteiger partial charge in [0.15, 0.2) is 0 Å². The van der Waals surface area contributed by atoms with Gasteiger partial charge >= 0.3 is 6.18 Å². The molecule has 0 spiro atoms. The summed E-state index contributed by atoms with van der Waals surface area (Å²) in [5.41, 5.74) is -0.126. The van der Waals surface area contributed by atoms with E-state index in [2.05, 4.69) is 15.4 Å². The first-order valence-corrected chi connectivity index (χ1v) is 9.12. The third-order valence-corrected chi connectivity index (χ3v) is 4.65. The predicted molar refractivity (Wildman–Crippen MR) is 105 cm³/mol. The number of nitrogens with zero attached hydrogens (tertiary/aromatic N) is 3. The fourth-order valence-electron chi connectivity index (χ4n) is 2.81. The van der Waals surface area contributed by atoms with Gasteiger partial charge in [-0.25, -0.2) is 4.98 Å². The lowest BCUT2D eigenvalue weighted by atomic mass is 10.0. The van der Waals surface area contributed by atoms with Crippen LogP contribution in [0.1, 0.15) is 25.0 Å². The molecule has 158 valence electrons. The fourth-order valence-corrected chi connectivity index (χ4v) is 2.81. The Kier molecular flexibility index (Phi) is 5.82. The number of methoxy groups -OCH3 is 1. The molecule has 30 heavy (non-hydrogen) atoms. The number of hydrogen-bond acceptors (Lipinski definition) is 4. The van der Waals surface area contributed by atoms with Crippen LogP contribution in [0.15, 0.2) is 54.9 Å². The van der Waals surface area contributed by atoms with E-state index in [1.165, 1.54) is 23.9 Å². The topological polar surface area (TPSA) is 69.0 Å². The molecule has 0 fully saturated rings. The highest BCUT2D eigenvalue weighted by atomic mass is 19.4. The monoisotopic (exact) mass is 418 g/mol. The van der Waals surface area contributed by atoms with Crippen molar-refractivity contribution in [3.63, 3.8) is 0 Å². The second-order valence-electron chi connectivity index (χ2n) is 7.18. The van der Waals surface area contributed by atoms with Crippen LogP contribution in [0.3, 0.4) is 0 Å².